The van der Waals surface area contributed by atoms with Gasteiger partial charge >= 0.3 is 17.9 Å². The molecule has 6 nitrogen and oxygen atoms in total. The zero-order chi connectivity index (χ0) is 51.4. The summed E-state index contributed by atoms with van der Waals surface area (Å²) in [5, 5.41) is 0. The van der Waals surface area contributed by atoms with E-state index >= 15 is 0 Å². The minimum atomic E-state index is -0.760. The lowest BCUT2D eigenvalue weighted by Gasteiger charge is -2.18. The van der Waals surface area contributed by atoms with Crippen LogP contribution in [-0.2, 0) is 28.6 Å². The molecule has 6 heteroatoms. The summed E-state index contributed by atoms with van der Waals surface area (Å²) in [5.74, 6) is -0.842. The molecule has 0 aliphatic carbocycles. The first-order valence-corrected chi connectivity index (χ1v) is 32.5. The Morgan fingerprint density at radius 2 is 0.380 bits per heavy atom. The molecule has 0 saturated carbocycles. The normalized spacial score (nSPS) is 11.9. The van der Waals surface area contributed by atoms with Crippen molar-refractivity contribution in [3.8, 4) is 0 Å². The first kappa shape index (κ1) is 69.4. The summed E-state index contributed by atoms with van der Waals surface area (Å²) in [4.78, 5) is 38.0. The van der Waals surface area contributed by atoms with Gasteiger partial charge in [0.05, 0.1) is 0 Å². The van der Waals surface area contributed by atoms with Crippen LogP contribution in [0.4, 0.5) is 0 Å². The number of hydrogen-bond donors (Lipinski definition) is 0. The maximum absolute atomic E-state index is 12.8. The maximum atomic E-state index is 12.8. The van der Waals surface area contributed by atoms with Gasteiger partial charge < -0.3 is 14.2 Å². The fraction of sp³-hybridized carbons (Fsp3) is 0.954. The van der Waals surface area contributed by atoms with E-state index in [1.165, 1.54) is 283 Å². The molecule has 0 fully saturated rings. The molecule has 0 aliphatic rings. The molecule has 0 bridgehead atoms. The predicted octanol–water partition coefficient (Wildman–Crippen LogP) is 21.9. The van der Waals surface area contributed by atoms with Gasteiger partial charge in [0.25, 0.3) is 0 Å². The van der Waals surface area contributed by atoms with E-state index < -0.39 is 6.10 Å². The number of hydrogen-bond acceptors (Lipinski definition) is 6. The minimum absolute atomic E-state index is 0.0619. The van der Waals surface area contributed by atoms with Gasteiger partial charge in [-0.1, -0.05) is 342 Å². The molecule has 0 amide bonds. The van der Waals surface area contributed by atoms with Crippen LogP contribution < -0.4 is 0 Å². The fourth-order valence-electron chi connectivity index (χ4n) is 10.2. The Morgan fingerprint density at radius 3 is 0.563 bits per heavy atom. The molecule has 0 radical (unpaired) electrons. The average Bonchev–Trinajstić information content (AvgIpc) is 3.37. The van der Waals surface area contributed by atoms with Crippen molar-refractivity contribution in [1.82, 2.24) is 0 Å². The van der Waals surface area contributed by atoms with Crippen LogP contribution in [0, 0.1) is 0 Å². The number of unbranched alkanes of at least 4 members (excludes halogenated alkanes) is 50. The second kappa shape index (κ2) is 61.0. The Bertz CT molecular complexity index is 1060. The average molecular weight is 1000 g/mol. The molecule has 0 saturated heterocycles. The zero-order valence-corrected chi connectivity index (χ0v) is 48.5. The van der Waals surface area contributed by atoms with Crippen LogP contribution in [0.2, 0.25) is 0 Å². The first-order chi connectivity index (χ1) is 35.0. The number of rotatable bonds is 61. The Balaban J connectivity index is 3.94. The molecular formula is C65H126O6. The van der Waals surface area contributed by atoms with Crippen molar-refractivity contribution in [2.24, 2.45) is 0 Å². The van der Waals surface area contributed by atoms with Gasteiger partial charge in [-0.25, -0.2) is 0 Å². The summed E-state index contributed by atoms with van der Waals surface area (Å²) < 4.78 is 16.8. The van der Waals surface area contributed by atoms with Crippen molar-refractivity contribution >= 4 is 17.9 Å². The highest BCUT2D eigenvalue weighted by Crippen LogP contribution is 2.19. The van der Waals surface area contributed by atoms with E-state index in [9.17, 15) is 14.4 Å². The van der Waals surface area contributed by atoms with Crippen LogP contribution in [0.5, 0.6) is 0 Å². The van der Waals surface area contributed by atoms with Crippen molar-refractivity contribution in [3.05, 3.63) is 0 Å². The van der Waals surface area contributed by atoms with E-state index in [1.807, 2.05) is 0 Å². The van der Waals surface area contributed by atoms with E-state index in [0.29, 0.717) is 19.3 Å². The summed E-state index contributed by atoms with van der Waals surface area (Å²) in [6.45, 7) is 6.66. The van der Waals surface area contributed by atoms with Crippen LogP contribution in [0.25, 0.3) is 0 Å². The minimum Gasteiger partial charge on any atom is -0.462 e. The Morgan fingerprint density at radius 1 is 0.225 bits per heavy atom. The topological polar surface area (TPSA) is 78.9 Å². The van der Waals surface area contributed by atoms with Crippen LogP contribution in [0.15, 0.2) is 0 Å². The molecular weight excluding hydrogens is 877 g/mol. The van der Waals surface area contributed by atoms with Gasteiger partial charge in [0.15, 0.2) is 6.10 Å². The Hall–Kier alpha value is -1.59. The highest BCUT2D eigenvalue weighted by atomic mass is 16.6. The molecule has 71 heavy (non-hydrogen) atoms. The summed E-state index contributed by atoms with van der Waals surface area (Å²) in [7, 11) is 0. The summed E-state index contributed by atoms with van der Waals surface area (Å²) >= 11 is 0. The third-order valence-corrected chi connectivity index (χ3v) is 15.1. The van der Waals surface area contributed by atoms with E-state index in [-0.39, 0.29) is 31.1 Å². The van der Waals surface area contributed by atoms with Gasteiger partial charge in [0.2, 0.25) is 0 Å². The fourth-order valence-corrected chi connectivity index (χ4v) is 10.2. The van der Waals surface area contributed by atoms with Crippen molar-refractivity contribution in [1.29, 1.82) is 0 Å². The van der Waals surface area contributed by atoms with E-state index in [0.717, 1.165) is 57.8 Å². The highest BCUT2D eigenvalue weighted by molar-refractivity contribution is 5.71. The van der Waals surface area contributed by atoms with Gasteiger partial charge in [-0.05, 0) is 19.3 Å². The van der Waals surface area contributed by atoms with E-state index in [1.54, 1.807) is 0 Å². The molecule has 1 atom stereocenters. The van der Waals surface area contributed by atoms with Crippen LogP contribution in [-0.4, -0.2) is 37.2 Å². The standard InChI is InChI=1S/C65H126O6/c1-4-7-10-13-16-18-20-22-24-26-28-29-30-31-32-33-34-35-36-37-38-40-41-43-45-47-49-52-55-58-64(67)70-61-62(60-69-63(66)57-54-51-15-12-9-6-3)71-65(68)59-56-53-50-48-46-44-42-39-27-25-23-21-19-17-14-11-8-5-2/h62H,4-61H2,1-3H3. The lowest BCUT2D eigenvalue weighted by Crippen LogP contribution is -2.30. The second-order valence-electron chi connectivity index (χ2n) is 22.4. The van der Waals surface area contributed by atoms with Gasteiger partial charge in [0, 0.05) is 19.3 Å². The van der Waals surface area contributed by atoms with E-state index in [4.69, 9.17) is 14.2 Å². The number of carbonyl (C=O) groups is 3. The second-order valence-corrected chi connectivity index (χ2v) is 22.4. The molecule has 0 rings (SSSR count). The van der Waals surface area contributed by atoms with Gasteiger partial charge in [0.1, 0.15) is 13.2 Å². The molecule has 0 heterocycles. The highest BCUT2D eigenvalue weighted by Gasteiger charge is 2.19. The van der Waals surface area contributed by atoms with Gasteiger partial charge in [-0.2, -0.15) is 0 Å². The van der Waals surface area contributed by atoms with Gasteiger partial charge in [-0.15, -0.1) is 0 Å². The monoisotopic (exact) mass is 1000 g/mol. The molecule has 0 aromatic heterocycles. The molecule has 0 N–H and O–H groups in total. The van der Waals surface area contributed by atoms with Gasteiger partial charge in [-0.3, -0.25) is 14.4 Å². The largest absolute Gasteiger partial charge is 0.462 e. The summed E-state index contributed by atoms with van der Waals surface area (Å²) in [6, 6.07) is 0. The molecule has 0 spiro atoms. The predicted molar refractivity (Wildman–Crippen MR) is 307 cm³/mol. The number of esters is 3. The quantitative estimate of drug-likeness (QED) is 0.0343. The van der Waals surface area contributed by atoms with Crippen molar-refractivity contribution in [3.63, 3.8) is 0 Å². The van der Waals surface area contributed by atoms with E-state index in [2.05, 4.69) is 20.8 Å². The summed E-state index contributed by atoms with van der Waals surface area (Å²) in [5.41, 5.74) is 0. The molecule has 0 aromatic rings. The number of ether oxygens (including phenoxy) is 3. The third kappa shape index (κ3) is 59.2. The molecule has 0 aromatic carbocycles. The first-order valence-electron chi connectivity index (χ1n) is 32.5. The molecule has 0 aliphatic heterocycles. The summed E-state index contributed by atoms with van der Waals surface area (Å²) in [6.07, 6.45) is 70.2. The number of carbonyl (C=O) groups excluding carboxylic acids is 3. The SMILES string of the molecule is CCCCCCCCCCCCCCCCCCCCCCCCCCCCCCCC(=O)OCC(COC(=O)CCCCCCCC)OC(=O)CCCCCCCCCCCCCCCCCCCC. The zero-order valence-electron chi connectivity index (χ0n) is 48.5. The smallest absolute Gasteiger partial charge is 0.306 e. The lowest BCUT2D eigenvalue weighted by atomic mass is 10.0. The lowest BCUT2D eigenvalue weighted by molar-refractivity contribution is -0.167. The Kier molecular flexibility index (Phi) is 59.6. The molecule has 1 unspecified atom stereocenters. The Labute approximate surface area is 444 Å². The van der Waals surface area contributed by atoms with Crippen molar-refractivity contribution in [2.75, 3.05) is 13.2 Å². The van der Waals surface area contributed by atoms with Crippen LogP contribution in [0.1, 0.15) is 380 Å². The molecule has 422 valence electrons. The van der Waals surface area contributed by atoms with Crippen LogP contribution >= 0.6 is 0 Å². The third-order valence-electron chi connectivity index (χ3n) is 15.1. The van der Waals surface area contributed by atoms with Crippen LogP contribution in [0.3, 0.4) is 0 Å². The van der Waals surface area contributed by atoms with Crippen molar-refractivity contribution in [2.45, 2.75) is 386 Å². The van der Waals surface area contributed by atoms with Crippen molar-refractivity contribution < 1.29 is 28.6 Å². The maximum Gasteiger partial charge on any atom is 0.306 e.